The molecule has 2 aliphatic rings. The number of piperidine rings is 1. The number of likely N-dealkylation sites (tertiary alicyclic amines) is 1. The van der Waals surface area contributed by atoms with Gasteiger partial charge in [-0.05, 0) is 38.0 Å². The van der Waals surface area contributed by atoms with Crippen molar-refractivity contribution in [2.75, 3.05) is 19.3 Å². The molecule has 0 radical (unpaired) electrons. The van der Waals surface area contributed by atoms with Gasteiger partial charge in [0.15, 0.2) is 11.6 Å². The van der Waals surface area contributed by atoms with Crippen LogP contribution >= 0.6 is 0 Å². The number of nitrogens with one attached hydrogen (secondary N) is 2. The maximum absolute atomic E-state index is 14.1. The molecule has 12 heteroatoms. The van der Waals surface area contributed by atoms with Crippen LogP contribution < -0.4 is 14.8 Å². The number of rotatable bonds is 4. The Kier molecular flexibility index (Phi) is 6.27. The van der Waals surface area contributed by atoms with Crippen LogP contribution in [0.25, 0.3) is 5.70 Å². The molecule has 3 rings (SSSR count). The summed E-state index contributed by atoms with van der Waals surface area (Å²) in [4.78, 5) is 6.51. The Bertz CT molecular complexity index is 955. The molecule has 2 heterocycles. The van der Waals surface area contributed by atoms with Gasteiger partial charge in [0, 0.05) is 36.5 Å². The van der Waals surface area contributed by atoms with Gasteiger partial charge in [0.25, 0.3) is 0 Å². The van der Waals surface area contributed by atoms with E-state index in [0.29, 0.717) is 43.0 Å². The van der Waals surface area contributed by atoms with Gasteiger partial charge in [-0.2, -0.15) is 0 Å². The number of ether oxygens (including phenoxy) is 1. The minimum Gasteiger partial charge on any atom is -0.403 e. The van der Waals surface area contributed by atoms with E-state index in [1.165, 1.54) is 6.07 Å². The van der Waals surface area contributed by atoms with Crippen LogP contribution in [0, 0.1) is 5.82 Å². The average Bonchev–Trinajstić information content (AvgIpc) is 2.61. The molecule has 0 aromatic heterocycles. The van der Waals surface area contributed by atoms with Crippen LogP contribution in [0.3, 0.4) is 0 Å². The summed E-state index contributed by atoms with van der Waals surface area (Å²) >= 11 is 0. The van der Waals surface area contributed by atoms with Crippen molar-refractivity contribution >= 4 is 21.6 Å². The molecular weight excluding hydrogens is 428 g/mol. The Balaban J connectivity index is 1.73. The van der Waals surface area contributed by atoms with Crippen LogP contribution in [0.2, 0.25) is 0 Å². The molecule has 2 aliphatic heterocycles. The zero-order chi connectivity index (χ0) is 22.1. The fourth-order valence-electron chi connectivity index (χ4n) is 3.41. The van der Waals surface area contributed by atoms with Gasteiger partial charge in [0.2, 0.25) is 10.0 Å². The predicted octanol–water partition coefficient (Wildman–Crippen LogP) is 2.43. The molecular formula is C18H22F4N4O3S. The van der Waals surface area contributed by atoms with Gasteiger partial charge >= 0.3 is 6.36 Å². The smallest absolute Gasteiger partial charge is 0.403 e. The maximum atomic E-state index is 14.1. The number of amidine groups is 1. The molecule has 1 aromatic rings. The molecule has 1 unspecified atom stereocenters. The van der Waals surface area contributed by atoms with Crippen molar-refractivity contribution in [1.29, 1.82) is 0 Å². The highest BCUT2D eigenvalue weighted by Gasteiger charge is 2.32. The molecule has 0 spiro atoms. The first kappa shape index (κ1) is 22.3. The lowest BCUT2D eigenvalue weighted by molar-refractivity contribution is -0.275. The second kappa shape index (κ2) is 8.42. The van der Waals surface area contributed by atoms with Crippen LogP contribution in [-0.4, -0.2) is 57.1 Å². The average molecular weight is 450 g/mol. The summed E-state index contributed by atoms with van der Waals surface area (Å²) in [5.41, 5.74) is 0.872. The molecule has 0 amide bonds. The van der Waals surface area contributed by atoms with Crippen molar-refractivity contribution < 1.29 is 30.7 Å². The SMILES string of the molecule is CC1N=C(N2CCC(NS(C)(=O)=O)CC2)C=C(c2ccc(OC(F)(F)F)c(F)c2)N1. The van der Waals surface area contributed by atoms with E-state index in [-0.39, 0.29) is 12.2 Å². The molecule has 1 aromatic carbocycles. The summed E-state index contributed by atoms with van der Waals surface area (Å²) in [5, 5.41) is 3.06. The third kappa shape index (κ3) is 6.08. The van der Waals surface area contributed by atoms with Gasteiger partial charge in [0.1, 0.15) is 12.0 Å². The Morgan fingerprint density at radius 3 is 2.50 bits per heavy atom. The fraction of sp³-hybridized carbons (Fsp3) is 0.500. The van der Waals surface area contributed by atoms with E-state index < -0.39 is 28.0 Å². The van der Waals surface area contributed by atoms with Crippen molar-refractivity contribution in [3.63, 3.8) is 0 Å². The van der Waals surface area contributed by atoms with E-state index in [1.807, 2.05) is 4.90 Å². The van der Waals surface area contributed by atoms with Gasteiger partial charge in [-0.3, -0.25) is 0 Å². The van der Waals surface area contributed by atoms with E-state index >= 15 is 0 Å². The molecule has 1 fully saturated rings. The van der Waals surface area contributed by atoms with Crippen LogP contribution in [0.1, 0.15) is 25.3 Å². The fourth-order valence-corrected chi connectivity index (χ4v) is 4.25. The van der Waals surface area contributed by atoms with Gasteiger partial charge < -0.3 is 15.0 Å². The number of sulfonamides is 1. The monoisotopic (exact) mass is 450 g/mol. The number of nitrogens with zero attached hydrogens (tertiary/aromatic N) is 2. The third-order valence-corrected chi connectivity index (χ3v) is 5.39. The molecule has 0 saturated carbocycles. The van der Waals surface area contributed by atoms with E-state index in [2.05, 4.69) is 19.8 Å². The van der Waals surface area contributed by atoms with Crippen molar-refractivity contribution in [1.82, 2.24) is 14.9 Å². The summed E-state index contributed by atoms with van der Waals surface area (Å²) < 4.78 is 80.1. The first-order valence-electron chi connectivity index (χ1n) is 9.23. The second-order valence-corrected chi connectivity index (χ2v) is 8.99. The van der Waals surface area contributed by atoms with Crippen molar-refractivity contribution in [2.24, 2.45) is 4.99 Å². The van der Waals surface area contributed by atoms with Crippen molar-refractivity contribution in [2.45, 2.75) is 38.3 Å². The second-order valence-electron chi connectivity index (χ2n) is 7.21. The number of hydrogen-bond donors (Lipinski definition) is 2. The normalized spacial score (nSPS) is 21.0. The van der Waals surface area contributed by atoms with Crippen molar-refractivity contribution in [3.8, 4) is 5.75 Å². The standard InChI is InChI=1S/C18H22F4N4O3S/c1-11-23-15(12-3-4-16(14(19)9-12)29-18(20,21)22)10-17(24-11)26-7-5-13(6-8-26)25-30(2,27)28/h3-4,9-11,13,23,25H,5-8H2,1-2H3. The number of benzene rings is 1. The Morgan fingerprint density at radius 1 is 1.27 bits per heavy atom. The molecule has 1 saturated heterocycles. The van der Waals surface area contributed by atoms with E-state index in [4.69, 9.17) is 0 Å². The van der Waals surface area contributed by atoms with Gasteiger partial charge in [-0.25, -0.2) is 22.5 Å². The summed E-state index contributed by atoms with van der Waals surface area (Å²) in [7, 11) is -3.28. The Hall–Kier alpha value is -2.34. The molecule has 2 N–H and O–H groups in total. The molecule has 166 valence electrons. The zero-order valence-electron chi connectivity index (χ0n) is 16.3. The molecule has 7 nitrogen and oxygen atoms in total. The lowest BCUT2D eigenvalue weighted by atomic mass is 10.0. The number of alkyl halides is 3. The van der Waals surface area contributed by atoms with Crippen LogP contribution in [0.4, 0.5) is 17.6 Å². The lowest BCUT2D eigenvalue weighted by Gasteiger charge is -2.35. The molecule has 0 bridgehead atoms. The minimum atomic E-state index is -4.98. The number of halogens is 4. The Morgan fingerprint density at radius 2 is 1.93 bits per heavy atom. The number of aliphatic imine (C=N–C) groups is 1. The third-order valence-electron chi connectivity index (χ3n) is 4.63. The van der Waals surface area contributed by atoms with E-state index in [9.17, 15) is 26.0 Å². The molecule has 1 atom stereocenters. The van der Waals surface area contributed by atoms with Crippen LogP contribution in [0.5, 0.6) is 5.75 Å². The van der Waals surface area contributed by atoms with Crippen LogP contribution in [-0.2, 0) is 10.0 Å². The highest BCUT2D eigenvalue weighted by atomic mass is 32.2. The van der Waals surface area contributed by atoms with Crippen LogP contribution in [0.15, 0.2) is 29.3 Å². The summed E-state index contributed by atoms with van der Waals surface area (Å²) in [6, 6.07) is 3.09. The highest BCUT2D eigenvalue weighted by Crippen LogP contribution is 2.28. The summed E-state index contributed by atoms with van der Waals surface area (Å²) in [5.74, 6) is -1.38. The number of hydrogen-bond acceptors (Lipinski definition) is 6. The van der Waals surface area contributed by atoms with Gasteiger partial charge in [0.05, 0.1) is 6.26 Å². The summed E-state index contributed by atoms with van der Waals surface area (Å²) in [6.45, 7) is 2.95. The molecule has 0 aliphatic carbocycles. The van der Waals surface area contributed by atoms with Crippen molar-refractivity contribution in [3.05, 3.63) is 35.7 Å². The van der Waals surface area contributed by atoms with E-state index in [1.54, 1.807) is 13.0 Å². The zero-order valence-corrected chi connectivity index (χ0v) is 17.1. The topological polar surface area (TPSA) is 83.0 Å². The largest absolute Gasteiger partial charge is 0.573 e. The summed E-state index contributed by atoms with van der Waals surface area (Å²) in [6.07, 6.45) is -1.27. The van der Waals surface area contributed by atoms with Gasteiger partial charge in [-0.15, -0.1) is 13.2 Å². The lowest BCUT2D eigenvalue weighted by Crippen LogP contribution is -2.47. The minimum absolute atomic E-state index is 0.144. The quantitative estimate of drug-likeness (QED) is 0.689. The van der Waals surface area contributed by atoms with E-state index in [0.717, 1.165) is 18.4 Å². The first-order valence-corrected chi connectivity index (χ1v) is 11.1. The predicted molar refractivity (Wildman–Crippen MR) is 104 cm³/mol. The molecule has 30 heavy (non-hydrogen) atoms. The first-order chi connectivity index (χ1) is 13.9. The highest BCUT2D eigenvalue weighted by molar-refractivity contribution is 7.88. The Labute approximate surface area is 171 Å². The van der Waals surface area contributed by atoms with Gasteiger partial charge in [-0.1, -0.05) is 0 Å². The maximum Gasteiger partial charge on any atom is 0.573 e.